The minimum absolute atomic E-state index is 0.0275. The van der Waals surface area contributed by atoms with Gasteiger partial charge in [-0.1, -0.05) is 30.3 Å². The van der Waals surface area contributed by atoms with E-state index in [0.29, 0.717) is 11.5 Å². The van der Waals surface area contributed by atoms with Gasteiger partial charge in [0, 0.05) is 6.42 Å². The second kappa shape index (κ2) is 8.87. The third kappa shape index (κ3) is 5.48. The molecular formula is C20H20Cl3O5P. The van der Waals surface area contributed by atoms with Gasteiger partial charge in [0.15, 0.2) is 6.35 Å². The van der Waals surface area contributed by atoms with Gasteiger partial charge in [-0.25, -0.2) is 0 Å². The standard InChI is InChI=1S/C20H20Cl3O5P/c1-19(12-20(19,22)23)18(24)26-14-29(25,13-21)27-11-15-6-5-9-17(10-15)28-16-7-3-2-4-8-16/h2-10H,11-14H2,1H3. The molecule has 156 valence electrons. The molecule has 0 aromatic heterocycles. The Morgan fingerprint density at radius 3 is 2.38 bits per heavy atom. The molecule has 5 nitrogen and oxygen atoms in total. The molecule has 0 amide bonds. The van der Waals surface area contributed by atoms with E-state index in [1.54, 1.807) is 25.1 Å². The number of hydrogen-bond acceptors (Lipinski definition) is 5. The number of rotatable bonds is 9. The van der Waals surface area contributed by atoms with Crippen LogP contribution in [-0.4, -0.2) is 22.3 Å². The fourth-order valence-corrected chi connectivity index (χ4v) is 4.57. The van der Waals surface area contributed by atoms with Crippen molar-refractivity contribution in [3.05, 3.63) is 60.2 Å². The minimum Gasteiger partial charge on any atom is -0.457 e. The second-order valence-corrected chi connectivity index (χ2v) is 11.6. The first kappa shape index (κ1) is 22.5. The molecule has 1 fully saturated rings. The van der Waals surface area contributed by atoms with Crippen LogP contribution in [0.1, 0.15) is 18.9 Å². The summed E-state index contributed by atoms with van der Waals surface area (Å²) < 4.78 is 28.1. The fraction of sp³-hybridized carbons (Fsp3) is 0.350. The lowest BCUT2D eigenvalue weighted by Crippen LogP contribution is -2.22. The van der Waals surface area contributed by atoms with Crippen molar-refractivity contribution >= 4 is 48.1 Å². The summed E-state index contributed by atoms with van der Waals surface area (Å²) in [5.74, 6) is 0.702. The van der Waals surface area contributed by atoms with Crippen LogP contribution in [0.25, 0.3) is 0 Å². The van der Waals surface area contributed by atoms with Crippen molar-refractivity contribution in [2.75, 3.05) is 12.0 Å². The zero-order chi connectivity index (χ0) is 21.1. The van der Waals surface area contributed by atoms with Crippen LogP contribution in [0.3, 0.4) is 0 Å². The molecular weight excluding hydrogens is 458 g/mol. The molecule has 1 aliphatic rings. The smallest absolute Gasteiger partial charge is 0.315 e. The summed E-state index contributed by atoms with van der Waals surface area (Å²) in [6.07, 6.45) is -0.156. The zero-order valence-corrected chi connectivity index (χ0v) is 18.8. The number of esters is 1. The molecule has 2 aromatic rings. The average Bonchev–Trinajstić information content (AvgIpc) is 3.24. The van der Waals surface area contributed by atoms with Crippen LogP contribution in [-0.2, 0) is 25.2 Å². The maximum atomic E-state index is 12.8. The number of ether oxygens (including phenoxy) is 2. The minimum atomic E-state index is -3.39. The molecule has 2 atom stereocenters. The zero-order valence-electron chi connectivity index (χ0n) is 15.6. The highest BCUT2D eigenvalue weighted by atomic mass is 35.5. The maximum absolute atomic E-state index is 12.8. The topological polar surface area (TPSA) is 61.8 Å². The van der Waals surface area contributed by atoms with Crippen LogP contribution < -0.4 is 4.74 Å². The predicted molar refractivity (Wildman–Crippen MR) is 114 cm³/mol. The first-order valence-electron chi connectivity index (χ1n) is 8.83. The van der Waals surface area contributed by atoms with Crippen molar-refractivity contribution in [2.45, 2.75) is 24.3 Å². The molecule has 0 spiro atoms. The maximum Gasteiger partial charge on any atom is 0.315 e. The van der Waals surface area contributed by atoms with Crippen LogP contribution in [0.2, 0.25) is 0 Å². The molecule has 0 bridgehead atoms. The third-order valence-corrected chi connectivity index (χ3v) is 8.31. The summed E-state index contributed by atoms with van der Waals surface area (Å²) >= 11 is 17.8. The molecule has 0 radical (unpaired) electrons. The third-order valence-electron chi connectivity index (χ3n) is 4.63. The molecule has 2 unspecified atom stereocenters. The number of para-hydroxylation sites is 1. The average molecular weight is 478 g/mol. The predicted octanol–water partition coefficient (Wildman–Crippen LogP) is 6.55. The van der Waals surface area contributed by atoms with E-state index in [4.69, 9.17) is 48.8 Å². The van der Waals surface area contributed by atoms with E-state index in [0.717, 1.165) is 5.56 Å². The Morgan fingerprint density at radius 2 is 1.76 bits per heavy atom. The molecule has 1 aliphatic carbocycles. The van der Waals surface area contributed by atoms with Gasteiger partial charge < -0.3 is 14.0 Å². The van der Waals surface area contributed by atoms with E-state index >= 15 is 0 Å². The first-order chi connectivity index (χ1) is 13.7. The van der Waals surface area contributed by atoms with Gasteiger partial charge in [0.2, 0.25) is 0 Å². The van der Waals surface area contributed by atoms with E-state index in [1.165, 1.54) is 0 Å². The van der Waals surface area contributed by atoms with Gasteiger partial charge in [0.25, 0.3) is 7.37 Å². The monoisotopic (exact) mass is 476 g/mol. The largest absolute Gasteiger partial charge is 0.457 e. The van der Waals surface area contributed by atoms with Crippen LogP contribution in [0.4, 0.5) is 0 Å². The van der Waals surface area contributed by atoms with E-state index in [9.17, 15) is 9.36 Å². The Labute approximate surface area is 184 Å². The molecule has 9 heteroatoms. The summed E-state index contributed by atoms with van der Waals surface area (Å²) in [4.78, 5) is 12.2. The van der Waals surface area contributed by atoms with Crippen molar-refractivity contribution in [3.8, 4) is 11.5 Å². The van der Waals surface area contributed by atoms with Crippen LogP contribution >= 0.6 is 42.2 Å². The Kier molecular flexibility index (Phi) is 6.87. The number of carbonyl (C=O) groups is 1. The molecule has 0 heterocycles. The number of alkyl halides is 3. The van der Waals surface area contributed by atoms with Crippen molar-refractivity contribution in [2.24, 2.45) is 5.41 Å². The molecule has 29 heavy (non-hydrogen) atoms. The van der Waals surface area contributed by atoms with E-state index in [1.807, 2.05) is 36.4 Å². The molecule has 1 saturated carbocycles. The second-order valence-electron chi connectivity index (χ2n) is 7.04. The Hall–Kier alpha value is -1.23. The van der Waals surface area contributed by atoms with Crippen molar-refractivity contribution in [1.82, 2.24) is 0 Å². The normalized spacial score (nSPS) is 21.8. The highest BCUT2D eigenvalue weighted by Crippen LogP contribution is 2.64. The van der Waals surface area contributed by atoms with Crippen molar-refractivity contribution in [1.29, 1.82) is 0 Å². The number of halogens is 3. The summed E-state index contributed by atoms with van der Waals surface area (Å²) in [6.45, 7) is 1.62. The lowest BCUT2D eigenvalue weighted by atomic mass is 10.1. The molecule has 3 rings (SSSR count). The van der Waals surface area contributed by atoms with Gasteiger partial charge in [-0.15, -0.1) is 34.8 Å². The highest BCUT2D eigenvalue weighted by Gasteiger charge is 2.69. The highest BCUT2D eigenvalue weighted by molar-refractivity contribution is 7.60. The van der Waals surface area contributed by atoms with Crippen LogP contribution in [0, 0.1) is 5.41 Å². The SMILES string of the molecule is CC1(C(=O)OCP(=O)(CCl)OCc2cccc(Oc3ccccc3)c2)CC1(Cl)Cl. The summed E-state index contributed by atoms with van der Waals surface area (Å²) in [5, 5.41) is 0. The van der Waals surface area contributed by atoms with Gasteiger partial charge in [-0.3, -0.25) is 9.36 Å². The summed E-state index contributed by atoms with van der Waals surface area (Å²) in [6, 6.07) is 16.5. The van der Waals surface area contributed by atoms with Gasteiger partial charge in [-0.2, -0.15) is 0 Å². The van der Waals surface area contributed by atoms with Gasteiger partial charge in [-0.05, 0) is 36.8 Å². The first-order valence-corrected chi connectivity index (χ1v) is 12.1. The van der Waals surface area contributed by atoms with Gasteiger partial charge in [0.1, 0.15) is 26.9 Å². The number of carbonyl (C=O) groups excluding carboxylic acids is 1. The lowest BCUT2D eigenvalue weighted by Gasteiger charge is -2.18. The van der Waals surface area contributed by atoms with Gasteiger partial charge in [0.05, 0.1) is 6.61 Å². The molecule has 0 aliphatic heterocycles. The molecule has 0 N–H and O–H groups in total. The van der Waals surface area contributed by atoms with Crippen molar-refractivity contribution in [3.63, 3.8) is 0 Å². The Bertz CT molecular complexity index is 921. The van der Waals surface area contributed by atoms with Crippen molar-refractivity contribution < 1.29 is 23.4 Å². The quantitative estimate of drug-likeness (QED) is 0.233. The fourth-order valence-electron chi connectivity index (χ4n) is 2.56. The summed E-state index contributed by atoms with van der Waals surface area (Å²) in [7, 11) is -3.39. The van der Waals surface area contributed by atoms with E-state index in [-0.39, 0.29) is 18.6 Å². The molecule has 2 aromatic carbocycles. The Morgan fingerprint density at radius 1 is 1.10 bits per heavy atom. The Balaban J connectivity index is 1.56. The van der Waals surface area contributed by atoms with Crippen LogP contribution in [0.5, 0.6) is 11.5 Å². The van der Waals surface area contributed by atoms with Gasteiger partial charge >= 0.3 is 5.97 Å². The number of hydrogen-bond donors (Lipinski definition) is 0. The number of benzene rings is 2. The molecule has 0 saturated heterocycles. The van der Waals surface area contributed by atoms with E-state index < -0.39 is 29.4 Å². The van der Waals surface area contributed by atoms with E-state index in [2.05, 4.69) is 0 Å². The van der Waals surface area contributed by atoms with Crippen LogP contribution in [0.15, 0.2) is 54.6 Å². The lowest BCUT2D eigenvalue weighted by molar-refractivity contribution is -0.147. The summed E-state index contributed by atoms with van der Waals surface area (Å²) in [5.41, 5.74) is -0.551.